The molecule has 2 aromatic rings. The molecule has 94 valence electrons. The Morgan fingerprint density at radius 2 is 2.28 bits per heavy atom. The fourth-order valence-corrected chi connectivity index (χ4v) is 1.98. The molecule has 0 aliphatic rings. The minimum absolute atomic E-state index is 0.412. The minimum Gasteiger partial charge on any atom is -0.399 e. The van der Waals surface area contributed by atoms with E-state index >= 15 is 0 Å². The first-order valence-electron chi connectivity index (χ1n) is 5.08. The molecule has 0 aliphatic carbocycles. The largest absolute Gasteiger partial charge is 0.399 e. The highest BCUT2D eigenvalue weighted by Crippen LogP contribution is 2.22. The van der Waals surface area contributed by atoms with Crippen LogP contribution in [0.1, 0.15) is 5.56 Å². The molecule has 5 nitrogen and oxygen atoms in total. The van der Waals surface area contributed by atoms with Crippen LogP contribution in [0.3, 0.4) is 0 Å². The molecular formula is C11H10Cl2N4O. The fourth-order valence-electron chi connectivity index (χ4n) is 1.46. The monoisotopic (exact) mass is 284 g/mol. The standard InChI is InChI=1S/C11H10Cl2N4O/c1-18-16-11(5-17-7-14-6-15-17)9-3-2-8(12)4-10(9)13/h2-4,6-7H,5H2,1H3. The van der Waals surface area contributed by atoms with Crippen LogP contribution in [0, 0.1) is 0 Å². The lowest BCUT2D eigenvalue weighted by molar-refractivity contribution is 0.212. The smallest absolute Gasteiger partial charge is 0.137 e. The van der Waals surface area contributed by atoms with Crippen molar-refractivity contribution < 1.29 is 4.84 Å². The molecule has 0 saturated carbocycles. The lowest BCUT2D eigenvalue weighted by atomic mass is 10.1. The van der Waals surface area contributed by atoms with Gasteiger partial charge < -0.3 is 4.84 Å². The van der Waals surface area contributed by atoms with Crippen LogP contribution in [0.15, 0.2) is 36.0 Å². The number of rotatable bonds is 4. The van der Waals surface area contributed by atoms with E-state index in [0.29, 0.717) is 22.3 Å². The molecule has 7 heteroatoms. The van der Waals surface area contributed by atoms with Crippen molar-refractivity contribution in [2.45, 2.75) is 6.54 Å². The summed E-state index contributed by atoms with van der Waals surface area (Å²) in [6.45, 7) is 0.412. The molecule has 0 saturated heterocycles. The number of oxime groups is 1. The van der Waals surface area contributed by atoms with Crippen LogP contribution in [0.4, 0.5) is 0 Å². The lowest BCUT2D eigenvalue weighted by Gasteiger charge is -2.08. The Morgan fingerprint density at radius 3 is 2.89 bits per heavy atom. The van der Waals surface area contributed by atoms with E-state index in [0.717, 1.165) is 5.56 Å². The molecule has 0 amide bonds. The van der Waals surface area contributed by atoms with Crippen LogP contribution in [-0.2, 0) is 11.4 Å². The van der Waals surface area contributed by atoms with Crippen LogP contribution in [0.2, 0.25) is 10.0 Å². The van der Waals surface area contributed by atoms with Crippen LogP contribution in [0.25, 0.3) is 0 Å². The highest BCUT2D eigenvalue weighted by atomic mass is 35.5. The summed E-state index contributed by atoms with van der Waals surface area (Å²) in [4.78, 5) is 8.69. The molecule has 1 aromatic heterocycles. The van der Waals surface area contributed by atoms with Crippen molar-refractivity contribution in [1.82, 2.24) is 14.8 Å². The Hall–Kier alpha value is -1.59. The second-order valence-corrected chi connectivity index (χ2v) is 4.28. The van der Waals surface area contributed by atoms with Crippen LogP contribution in [0.5, 0.6) is 0 Å². The van der Waals surface area contributed by atoms with E-state index in [4.69, 9.17) is 28.0 Å². The summed E-state index contributed by atoms with van der Waals surface area (Å²) < 4.78 is 1.63. The zero-order valence-electron chi connectivity index (χ0n) is 9.55. The first-order chi connectivity index (χ1) is 8.70. The van der Waals surface area contributed by atoms with Crippen molar-refractivity contribution in [1.29, 1.82) is 0 Å². The summed E-state index contributed by atoms with van der Waals surface area (Å²) in [5, 5.41) is 9.05. The van der Waals surface area contributed by atoms with E-state index in [1.165, 1.54) is 13.4 Å². The Balaban J connectivity index is 2.33. The third kappa shape index (κ3) is 3.00. The molecule has 0 aliphatic heterocycles. The Kier molecular flexibility index (Phi) is 4.17. The van der Waals surface area contributed by atoms with E-state index < -0.39 is 0 Å². The molecule has 18 heavy (non-hydrogen) atoms. The molecule has 2 rings (SSSR count). The second-order valence-electron chi connectivity index (χ2n) is 3.44. The molecule has 0 atom stereocenters. The number of hydrogen-bond acceptors (Lipinski definition) is 4. The summed E-state index contributed by atoms with van der Waals surface area (Å²) in [5.41, 5.74) is 1.39. The van der Waals surface area contributed by atoms with Crippen molar-refractivity contribution in [3.05, 3.63) is 46.5 Å². The predicted molar refractivity (Wildman–Crippen MR) is 70.0 cm³/mol. The summed E-state index contributed by atoms with van der Waals surface area (Å²) in [7, 11) is 1.48. The van der Waals surface area contributed by atoms with Gasteiger partial charge in [0.15, 0.2) is 0 Å². The van der Waals surface area contributed by atoms with Gasteiger partial charge in [-0.25, -0.2) is 9.67 Å². The molecular weight excluding hydrogens is 275 g/mol. The van der Waals surface area contributed by atoms with E-state index in [2.05, 4.69) is 15.2 Å². The van der Waals surface area contributed by atoms with Gasteiger partial charge >= 0.3 is 0 Å². The summed E-state index contributed by atoms with van der Waals surface area (Å²) in [6.07, 6.45) is 3.04. The number of nitrogens with zero attached hydrogens (tertiary/aromatic N) is 4. The van der Waals surface area contributed by atoms with Gasteiger partial charge in [0.1, 0.15) is 25.5 Å². The average Bonchev–Trinajstić information content (AvgIpc) is 2.81. The highest BCUT2D eigenvalue weighted by Gasteiger charge is 2.11. The van der Waals surface area contributed by atoms with Gasteiger partial charge in [0.2, 0.25) is 0 Å². The predicted octanol–water partition coefficient (Wildman–Crippen LogP) is 2.64. The molecule has 0 bridgehead atoms. The van der Waals surface area contributed by atoms with E-state index in [1.54, 1.807) is 29.2 Å². The quantitative estimate of drug-likeness (QED) is 0.641. The number of hydrogen-bond donors (Lipinski definition) is 0. The second kappa shape index (κ2) is 5.84. The summed E-state index contributed by atoms with van der Waals surface area (Å²) in [6, 6.07) is 5.19. The van der Waals surface area contributed by atoms with Gasteiger partial charge in [-0.05, 0) is 18.2 Å². The molecule has 0 unspecified atom stereocenters. The van der Waals surface area contributed by atoms with E-state index in [1.807, 2.05) is 0 Å². The maximum absolute atomic E-state index is 6.13. The van der Waals surface area contributed by atoms with Crippen molar-refractivity contribution in [3.63, 3.8) is 0 Å². The Morgan fingerprint density at radius 1 is 1.44 bits per heavy atom. The van der Waals surface area contributed by atoms with Gasteiger partial charge in [-0.1, -0.05) is 28.4 Å². The first-order valence-corrected chi connectivity index (χ1v) is 5.84. The topological polar surface area (TPSA) is 52.3 Å². The number of halogens is 2. The molecule has 0 N–H and O–H groups in total. The Bertz CT molecular complexity index is 554. The van der Waals surface area contributed by atoms with Crippen LogP contribution >= 0.6 is 23.2 Å². The maximum Gasteiger partial charge on any atom is 0.137 e. The average molecular weight is 285 g/mol. The van der Waals surface area contributed by atoms with Crippen LogP contribution < -0.4 is 0 Å². The van der Waals surface area contributed by atoms with Gasteiger partial charge in [0, 0.05) is 10.6 Å². The lowest BCUT2D eigenvalue weighted by Crippen LogP contribution is -2.13. The fraction of sp³-hybridized carbons (Fsp3) is 0.182. The minimum atomic E-state index is 0.412. The van der Waals surface area contributed by atoms with Crippen molar-refractivity contribution in [2.24, 2.45) is 5.16 Å². The normalized spacial score (nSPS) is 11.6. The summed E-state index contributed by atoms with van der Waals surface area (Å²) in [5.74, 6) is 0. The van der Waals surface area contributed by atoms with E-state index in [9.17, 15) is 0 Å². The van der Waals surface area contributed by atoms with Gasteiger partial charge in [-0.3, -0.25) is 0 Å². The molecule has 1 heterocycles. The van der Waals surface area contributed by atoms with Crippen LogP contribution in [-0.4, -0.2) is 27.6 Å². The third-order valence-electron chi connectivity index (χ3n) is 2.22. The molecule has 0 spiro atoms. The molecule has 1 aromatic carbocycles. The van der Waals surface area contributed by atoms with Crippen molar-refractivity contribution in [2.75, 3.05) is 7.11 Å². The van der Waals surface area contributed by atoms with Crippen molar-refractivity contribution >= 4 is 28.9 Å². The first kappa shape index (κ1) is 12.9. The Labute approximate surface area is 114 Å². The number of benzene rings is 1. The van der Waals surface area contributed by atoms with Gasteiger partial charge in [0.05, 0.1) is 11.6 Å². The highest BCUT2D eigenvalue weighted by molar-refractivity contribution is 6.37. The van der Waals surface area contributed by atoms with Gasteiger partial charge in [-0.15, -0.1) is 0 Å². The summed E-state index contributed by atoms with van der Waals surface area (Å²) >= 11 is 12.0. The van der Waals surface area contributed by atoms with Gasteiger partial charge in [0.25, 0.3) is 0 Å². The SMILES string of the molecule is CON=C(Cn1cncn1)c1ccc(Cl)cc1Cl. The maximum atomic E-state index is 6.13. The molecule has 0 fully saturated rings. The zero-order chi connectivity index (χ0) is 13.0. The van der Waals surface area contributed by atoms with Gasteiger partial charge in [-0.2, -0.15) is 5.10 Å². The van der Waals surface area contributed by atoms with E-state index in [-0.39, 0.29) is 0 Å². The number of aromatic nitrogens is 3. The zero-order valence-corrected chi connectivity index (χ0v) is 11.1. The molecule has 0 radical (unpaired) electrons. The van der Waals surface area contributed by atoms with Crippen molar-refractivity contribution in [3.8, 4) is 0 Å². The third-order valence-corrected chi connectivity index (χ3v) is 2.77.